The average molecular weight is 276 g/mol. The van der Waals surface area contributed by atoms with E-state index >= 15 is 0 Å². The van der Waals surface area contributed by atoms with Crippen molar-refractivity contribution in [1.82, 2.24) is 10.1 Å². The van der Waals surface area contributed by atoms with Crippen LogP contribution in [-0.2, 0) is 6.42 Å². The lowest BCUT2D eigenvalue weighted by molar-refractivity contribution is 0.138. The van der Waals surface area contributed by atoms with E-state index in [0.29, 0.717) is 24.1 Å². The summed E-state index contributed by atoms with van der Waals surface area (Å²) in [7, 11) is 1.62. The molecule has 2 rings (SSSR count). The largest absolute Gasteiger partial charge is 0.497 e. The summed E-state index contributed by atoms with van der Waals surface area (Å²) in [6.45, 7) is 4.14. The second kappa shape index (κ2) is 6.52. The van der Waals surface area contributed by atoms with Crippen molar-refractivity contribution >= 4 is 0 Å². The molecule has 2 aromatic rings. The van der Waals surface area contributed by atoms with Crippen molar-refractivity contribution in [2.24, 2.45) is 5.92 Å². The Morgan fingerprint density at radius 3 is 2.55 bits per heavy atom. The SMILES string of the molecule is COc1ccc(-c2noc(CC(O)CC(C)C)n2)cc1. The number of rotatable bonds is 6. The predicted molar refractivity (Wildman–Crippen MR) is 75.5 cm³/mol. The highest BCUT2D eigenvalue weighted by atomic mass is 16.5. The maximum absolute atomic E-state index is 9.88. The van der Waals surface area contributed by atoms with Gasteiger partial charge in [0.25, 0.3) is 0 Å². The molecule has 1 heterocycles. The summed E-state index contributed by atoms with van der Waals surface area (Å²) >= 11 is 0. The quantitative estimate of drug-likeness (QED) is 0.878. The zero-order chi connectivity index (χ0) is 14.5. The third-order valence-electron chi connectivity index (χ3n) is 2.97. The molecule has 0 fully saturated rings. The van der Waals surface area contributed by atoms with E-state index in [0.717, 1.165) is 17.7 Å². The Kier molecular flexibility index (Phi) is 4.74. The normalized spacial score (nSPS) is 12.7. The summed E-state index contributed by atoms with van der Waals surface area (Å²) in [6.07, 6.45) is 0.667. The molecule has 5 nitrogen and oxygen atoms in total. The molecule has 0 amide bonds. The average Bonchev–Trinajstić information content (AvgIpc) is 2.86. The Hall–Kier alpha value is -1.88. The maximum Gasteiger partial charge on any atom is 0.229 e. The van der Waals surface area contributed by atoms with E-state index in [1.165, 1.54) is 0 Å². The van der Waals surface area contributed by atoms with Crippen LogP contribution in [0.3, 0.4) is 0 Å². The first kappa shape index (κ1) is 14.5. The molecule has 0 radical (unpaired) electrons. The van der Waals surface area contributed by atoms with Gasteiger partial charge in [0.2, 0.25) is 11.7 Å². The van der Waals surface area contributed by atoms with Crippen LogP contribution in [0.15, 0.2) is 28.8 Å². The third kappa shape index (κ3) is 3.81. The van der Waals surface area contributed by atoms with E-state index in [4.69, 9.17) is 9.26 Å². The summed E-state index contributed by atoms with van der Waals surface area (Å²) < 4.78 is 10.3. The highest BCUT2D eigenvalue weighted by Crippen LogP contribution is 2.20. The fourth-order valence-corrected chi connectivity index (χ4v) is 2.02. The second-order valence-electron chi connectivity index (χ2n) is 5.23. The molecule has 0 aliphatic heterocycles. The lowest BCUT2D eigenvalue weighted by atomic mass is 10.0. The molecule has 0 aliphatic rings. The van der Waals surface area contributed by atoms with Crippen molar-refractivity contribution in [3.63, 3.8) is 0 Å². The van der Waals surface area contributed by atoms with E-state index < -0.39 is 6.10 Å². The molecular formula is C15H20N2O3. The van der Waals surface area contributed by atoms with Gasteiger partial charge in [0.05, 0.1) is 19.6 Å². The number of aliphatic hydroxyl groups excluding tert-OH is 1. The highest BCUT2D eigenvalue weighted by Gasteiger charge is 2.14. The number of methoxy groups -OCH3 is 1. The third-order valence-corrected chi connectivity index (χ3v) is 2.97. The van der Waals surface area contributed by atoms with Crippen LogP contribution in [0, 0.1) is 5.92 Å². The van der Waals surface area contributed by atoms with Gasteiger partial charge in [-0.05, 0) is 36.6 Å². The lowest BCUT2D eigenvalue weighted by Gasteiger charge is -2.09. The number of nitrogens with zero attached hydrogens (tertiary/aromatic N) is 2. The molecule has 0 saturated heterocycles. The zero-order valence-electron chi connectivity index (χ0n) is 12.0. The Morgan fingerprint density at radius 1 is 1.25 bits per heavy atom. The zero-order valence-corrected chi connectivity index (χ0v) is 12.0. The second-order valence-corrected chi connectivity index (χ2v) is 5.23. The van der Waals surface area contributed by atoms with Gasteiger partial charge in [-0.25, -0.2) is 0 Å². The first-order chi connectivity index (χ1) is 9.58. The molecule has 1 unspecified atom stereocenters. The van der Waals surface area contributed by atoms with Crippen molar-refractivity contribution < 1.29 is 14.4 Å². The van der Waals surface area contributed by atoms with Crippen LogP contribution in [0.4, 0.5) is 0 Å². The minimum atomic E-state index is -0.445. The lowest BCUT2D eigenvalue weighted by Crippen LogP contribution is -2.13. The maximum atomic E-state index is 9.88. The van der Waals surface area contributed by atoms with Crippen molar-refractivity contribution in [3.05, 3.63) is 30.2 Å². The van der Waals surface area contributed by atoms with Crippen LogP contribution in [0.25, 0.3) is 11.4 Å². The molecule has 1 aromatic heterocycles. The van der Waals surface area contributed by atoms with Gasteiger partial charge < -0.3 is 14.4 Å². The van der Waals surface area contributed by atoms with Crippen LogP contribution in [-0.4, -0.2) is 28.5 Å². The van der Waals surface area contributed by atoms with Crippen molar-refractivity contribution in [2.75, 3.05) is 7.11 Å². The fraction of sp³-hybridized carbons (Fsp3) is 0.467. The summed E-state index contributed by atoms with van der Waals surface area (Å²) in [6, 6.07) is 7.44. The number of aliphatic hydroxyl groups is 1. The number of hydrogen-bond acceptors (Lipinski definition) is 5. The van der Waals surface area contributed by atoms with Crippen molar-refractivity contribution in [1.29, 1.82) is 0 Å². The Balaban J connectivity index is 2.04. The highest BCUT2D eigenvalue weighted by molar-refractivity contribution is 5.55. The molecule has 20 heavy (non-hydrogen) atoms. The summed E-state index contributed by atoms with van der Waals surface area (Å²) in [5, 5.41) is 13.8. The first-order valence-electron chi connectivity index (χ1n) is 6.73. The standard InChI is InChI=1S/C15H20N2O3/c1-10(2)8-12(18)9-14-16-15(17-20-14)11-4-6-13(19-3)7-5-11/h4-7,10,12,18H,8-9H2,1-3H3. The van der Waals surface area contributed by atoms with Crippen LogP contribution < -0.4 is 4.74 Å². The Labute approximate surface area is 118 Å². The number of ether oxygens (including phenoxy) is 1. The van der Waals surface area contributed by atoms with Crippen LogP contribution in [0.1, 0.15) is 26.2 Å². The van der Waals surface area contributed by atoms with E-state index in [1.807, 2.05) is 24.3 Å². The summed E-state index contributed by atoms with van der Waals surface area (Å²) in [5.74, 6) is 2.21. The van der Waals surface area contributed by atoms with E-state index in [2.05, 4.69) is 24.0 Å². The van der Waals surface area contributed by atoms with Crippen molar-refractivity contribution in [3.8, 4) is 17.1 Å². The van der Waals surface area contributed by atoms with Crippen LogP contribution >= 0.6 is 0 Å². The molecule has 1 atom stereocenters. The minimum absolute atomic E-state index is 0.390. The minimum Gasteiger partial charge on any atom is -0.497 e. The predicted octanol–water partition coefficient (Wildman–Crippen LogP) is 2.69. The molecule has 1 N–H and O–H groups in total. The molecule has 5 heteroatoms. The van der Waals surface area contributed by atoms with Crippen molar-refractivity contribution in [2.45, 2.75) is 32.8 Å². The molecule has 0 saturated carbocycles. The smallest absolute Gasteiger partial charge is 0.229 e. The van der Waals surface area contributed by atoms with Gasteiger partial charge in [0.1, 0.15) is 5.75 Å². The van der Waals surface area contributed by atoms with E-state index in [9.17, 15) is 5.11 Å². The van der Waals surface area contributed by atoms with Gasteiger partial charge in [0.15, 0.2) is 0 Å². The number of aromatic nitrogens is 2. The molecule has 108 valence electrons. The Morgan fingerprint density at radius 2 is 1.95 bits per heavy atom. The molecule has 1 aromatic carbocycles. The van der Waals surface area contributed by atoms with Crippen LogP contribution in [0.2, 0.25) is 0 Å². The number of hydrogen-bond donors (Lipinski definition) is 1. The van der Waals surface area contributed by atoms with Gasteiger partial charge >= 0.3 is 0 Å². The number of benzene rings is 1. The topological polar surface area (TPSA) is 68.4 Å². The Bertz CT molecular complexity index is 534. The molecule has 0 bridgehead atoms. The van der Waals surface area contributed by atoms with Gasteiger partial charge in [-0.2, -0.15) is 4.98 Å². The molecular weight excluding hydrogens is 256 g/mol. The van der Waals surface area contributed by atoms with Gasteiger partial charge in [-0.15, -0.1) is 0 Å². The monoisotopic (exact) mass is 276 g/mol. The van der Waals surface area contributed by atoms with Crippen LogP contribution in [0.5, 0.6) is 5.75 Å². The van der Waals surface area contributed by atoms with Gasteiger partial charge in [-0.1, -0.05) is 19.0 Å². The summed E-state index contributed by atoms with van der Waals surface area (Å²) in [4.78, 5) is 4.30. The van der Waals surface area contributed by atoms with Gasteiger partial charge in [0, 0.05) is 5.56 Å². The summed E-state index contributed by atoms with van der Waals surface area (Å²) in [5.41, 5.74) is 0.860. The fourth-order valence-electron chi connectivity index (χ4n) is 2.02. The molecule has 0 aliphatic carbocycles. The van der Waals surface area contributed by atoms with E-state index in [-0.39, 0.29) is 0 Å². The van der Waals surface area contributed by atoms with Gasteiger partial charge in [-0.3, -0.25) is 0 Å². The van der Waals surface area contributed by atoms with E-state index in [1.54, 1.807) is 7.11 Å². The first-order valence-corrected chi connectivity index (χ1v) is 6.73. The molecule has 0 spiro atoms.